The van der Waals surface area contributed by atoms with Gasteiger partial charge in [0.2, 0.25) is 0 Å². The summed E-state index contributed by atoms with van der Waals surface area (Å²) in [5, 5.41) is 3.63. The summed E-state index contributed by atoms with van der Waals surface area (Å²) in [6.07, 6.45) is -9.63. The first-order chi connectivity index (χ1) is 14.7. The van der Waals surface area contributed by atoms with Gasteiger partial charge in [-0.2, -0.15) is 26.3 Å². The van der Waals surface area contributed by atoms with Crippen LogP contribution in [0.2, 0.25) is 5.02 Å². The molecule has 0 saturated carbocycles. The van der Waals surface area contributed by atoms with Gasteiger partial charge < -0.3 is 9.57 Å². The lowest BCUT2D eigenvalue weighted by Crippen LogP contribution is -2.23. The van der Waals surface area contributed by atoms with E-state index in [0.717, 1.165) is 24.3 Å². The minimum atomic E-state index is -4.85. The fourth-order valence-electron chi connectivity index (χ4n) is 3.25. The van der Waals surface area contributed by atoms with Gasteiger partial charge in [0, 0.05) is 22.6 Å². The fourth-order valence-corrected chi connectivity index (χ4v) is 3.49. The third kappa shape index (κ3) is 4.85. The number of carbonyl (C=O) groups is 1. The number of carbonyl (C=O) groups excluding carboxylic acids is 1. The van der Waals surface area contributed by atoms with E-state index in [4.69, 9.17) is 16.4 Å². The molecule has 0 bridgehead atoms. The molecule has 172 valence electrons. The van der Waals surface area contributed by atoms with Crippen LogP contribution in [0.15, 0.2) is 41.6 Å². The molecule has 0 radical (unpaired) electrons. The smallest absolute Gasteiger partial charge is 0.417 e. The van der Waals surface area contributed by atoms with E-state index in [1.807, 2.05) is 0 Å². The van der Waals surface area contributed by atoms with Crippen molar-refractivity contribution in [1.29, 1.82) is 0 Å². The highest BCUT2D eigenvalue weighted by Crippen LogP contribution is 2.41. The average molecular weight is 480 g/mol. The molecule has 0 fully saturated rings. The van der Waals surface area contributed by atoms with Gasteiger partial charge in [0.1, 0.15) is 0 Å². The highest BCUT2D eigenvalue weighted by molar-refractivity contribution is 6.30. The van der Waals surface area contributed by atoms with Gasteiger partial charge in [0.25, 0.3) is 0 Å². The van der Waals surface area contributed by atoms with Gasteiger partial charge in [-0.1, -0.05) is 22.8 Å². The summed E-state index contributed by atoms with van der Waals surface area (Å²) in [5.41, 5.74) is -4.11. The second-order valence-electron chi connectivity index (χ2n) is 7.24. The van der Waals surface area contributed by atoms with Gasteiger partial charge in [-0.3, -0.25) is 0 Å². The molecule has 1 atom stereocenters. The average Bonchev–Trinajstić information content (AvgIpc) is 3.09. The first-order valence-corrected chi connectivity index (χ1v) is 9.64. The van der Waals surface area contributed by atoms with E-state index in [0.29, 0.717) is 0 Å². The Morgan fingerprint density at radius 3 is 2.41 bits per heavy atom. The Kier molecular flexibility index (Phi) is 6.21. The Balaban J connectivity index is 1.96. The number of ether oxygens (including phenoxy) is 1. The fraction of sp³-hybridized carbons (Fsp3) is 0.333. The molecule has 1 aliphatic heterocycles. The number of rotatable bonds is 4. The van der Waals surface area contributed by atoms with Crippen LogP contribution in [0.3, 0.4) is 0 Å². The zero-order chi connectivity index (χ0) is 23.9. The van der Waals surface area contributed by atoms with Crippen molar-refractivity contribution in [3.63, 3.8) is 0 Å². The summed E-state index contributed by atoms with van der Waals surface area (Å²) in [7, 11) is 0. The van der Waals surface area contributed by atoms with Crippen molar-refractivity contribution in [2.75, 3.05) is 6.61 Å². The van der Waals surface area contributed by atoms with Gasteiger partial charge in [-0.05, 0) is 44.2 Å². The van der Waals surface area contributed by atoms with Crippen molar-refractivity contribution >= 4 is 23.3 Å². The van der Waals surface area contributed by atoms with Crippen molar-refractivity contribution in [1.82, 2.24) is 0 Å². The van der Waals surface area contributed by atoms with Crippen molar-refractivity contribution in [2.24, 2.45) is 5.16 Å². The summed E-state index contributed by atoms with van der Waals surface area (Å²) in [4.78, 5) is 17.2. The Morgan fingerprint density at radius 2 is 1.81 bits per heavy atom. The van der Waals surface area contributed by atoms with E-state index in [9.17, 15) is 31.1 Å². The molecule has 0 saturated heterocycles. The molecule has 0 aromatic heterocycles. The molecule has 0 aliphatic carbocycles. The zero-order valence-electron chi connectivity index (χ0n) is 16.7. The second-order valence-corrected chi connectivity index (χ2v) is 7.68. The molecule has 2 aromatic rings. The molecule has 1 unspecified atom stereocenters. The van der Waals surface area contributed by atoms with Crippen LogP contribution in [0.25, 0.3) is 0 Å². The number of hydrogen-bond donors (Lipinski definition) is 0. The van der Waals surface area contributed by atoms with Crippen LogP contribution in [0.4, 0.5) is 26.3 Å². The molecule has 3 rings (SSSR count). The van der Waals surface area contributed by atoms with Crippen molar-refractivity contribution < 1.29 is 40.7 Å². The van der Waals surface area contributed by atoms with Gasteiger partial charge >= 0.3 is 18.3 Å². The minimum Gasteiger partial charge on any atom is -0.462 e. The minimum absolute atomic E-state index is 0.00664. The largest absolute Gasteiger partial charge is 0.462 e. The van der Waals surface area contributed by atoms with Crippen LogP contribution >= 0.6 is 11.6 Å². The Labute approximate surface area is 183 Å². The van der Waals surface area contributed by atoms with Gasteiger partial charge in [-0.25, -0.2) is 4.79 Å². The molecular formula is C21H16ClF6NO3. The van der Waals surface area contributed by atoms with Crippen LogP contribution in [0, 0.1) is 0 Å². The summed E-state index contributed by atoms with van der Waals surface area (Å²) < 4.78 is 84.7. The zero-order valence-corrected chi connectivity index (χ0v) is 17.5. The molecule has 0 amide bonds. The summed E-state index contributed by atoms with van der Waals surface area (Å²) >= 11 is 5.83. The van der Waals surface area contributed by atoms with Crippen LogP contribution in [0.1, 0.15) is 52.9 Å². The number of nitrogens with zero attached hydrogens (tertiary/aromatic N) is 1. The van der Waals surface area contributed by atoms with E-state index in [2.05, 4.69) is 9.89 Å². The van der Waals surface area contributed by atoms with E-state index >= 15 is 0 Å². The molecule has 4 nitrogen and oxygen atoms in total. The topological polar surface area (TPSA) is 47.9 Å². The molecule has 2 aromatic carbocycles. The summed E-state index contributed by atoms with van der Waals surface area (Å²) in [5.74, 6) is -1.13. The maximum Gasteiger partial charge on any atom is 0.417 e. The lowest BCUT2D eigenvalue weighted by molar-refractivity contribution is -0.138. The summed E-state index contributed by atoms with van der Waals surface area (Å²) in [6.45, 7) is 2.81. The highest BCUT2D eigenvalue weighted by atomic mass is 35.5. The van der Waals surface area contributed by atoms with Crippen LogP contribution < -0.4 is 0 Å². The maximum absolute atomic E-state index is 13.5. The first-order valence-electron chi connectivity index (χ1n) is 9.26. The Bertz CT molecular complexity index is 1080. The lowest BCUT2D eigenvalue weighted by Gasteiger charge is -2.23. The first kappa shape index (κ1) is 23.9. The monoisotopic (exact) mass is 479 g/mol. The third-order valence-electron chi connectivity index (χ3n) is 4.85. The van der Waals surface area contributed by atoms with E-state index < -0.39 is 40.6 Å². The number of esters is 1. The number of benzene rings is 2. The molecule has 0 N–H and O–H groups in total. The molecule has 1 heterocycles. The summed E-state index contributed by atoms with van der Waals surface area (Å²) in [6, 6.07) is 5.84. The Morgan fingerprint density at radius 1 is 1.12 bits per heavy atom. The molecular weight excluding hydrogens is 464 g/mol. The predicted octanol–water partition coefficient (Wildman–Crippen LogP) is 6.59. The van der Waals surface area contributed by atoms with Gasteiger partial charge in [0.15, 0.2) is 5.60 Å². The predicted molar refractivity (Wildman–Crippen MR) is 103 cm³/mol. The molecule has 0 spiro atoms. The van der Waals surface area contributed by atoms with Crippen molar-refractivity contribution in [3.8, 4) is 0 Å². The van der Waals surface area contributed by atoms with Crippen LogP contribution in [-0.2, 0) is 27.5 Å². The lowest BCUT2D eigenvalue weighted by atomic mass is 9.87. The standard InChI is InChI=1S/C21H16ClF6NO3/c1-3-31-18(30)15-5-4-11(6-16(15)21(26,27)28)17-10-19(2,32-29-17)12-7-13(20(23,24)25)9-14(22)8-12/h4-9H,3,10H2,1-2H3. The van der Waals surface area contributed by atoms with Gasteiger partial charge in [-0.15, -0.1) is 0 Å². The second kappa shape index (κ2) is 8.31. The maximum atomic E-state index is 13.5. The van der Waals surface area contributed by atoms with Crippen molar-refractivity contribution in [3.05, 3.63) is 69.2 Å². The number of oxime groups is 1. The Hall–Kier alpha value is -2.75. The molecule has 11 heteroatoms. The number of halogens is 7. The molecule has 32 heavy (non-hydrogen) atoms. The quantitative estimate of drug-likeness (QED) is 0.367. The van der Waals surface area contributed by atoms with E-state index in [1.165, 1.54) is 26.0 Å². The SMILES string of the molecule is CCOC(=O)c1ccc(C2=NOC(C)(c3cc(Cl)cc(C(F)(F)F)c3)C2)cc1C(F)(F)F. The van der Waals surface area contributed by atoms with Crippen molar-refractivity contribution in [2.45, 2.75) is 38.2 Å². The van der Waals surface area contributed by atoms with Crippen LogP contribution in [-0.4, -0.2) is 18.3 Å². The number of hydrogen-bond acceptors (Lipinski definition) is 4. The van der Waals surface area contributed by atoms with E-state index in [1.54, 1.807) is 0 Å². The number of alkyl halides is 6. The van der Waals surface area contributed by atoms with Crippen LogP contribution in [0.5, 0.6) is 0 Å². The normalized spacial score (nSPS) is 18.8. The third-order valence-corrected chi connectivity index (χ3v) is 5.07. The van der Waals surface area contributed by atoms with E-state index in [-0.39, 0.29) is 34.9 Å². The highest BCUT2D eigenvalue weighted by Gasteiger charge is 2.41. The molecule has 1 aliphatic rings. The van der Waals surface area contributed by atoms with Gasteiger partial charge in [0.05, 0.1) is 29.0 Å².